The Balaban J connectivity index is 2.45. The quantitative estimate of drug-likeness (QED) is 0.565. The van der Waals surface area contributed by atoms with E-state index in [4.69, 9.17) is 0 Å². The first kappa shape index (κ1) is 11.1. The normalized spacial score (nSPS) is 13.3. The highest BCUT2D eigenvalue weighted by molar-refractivity contribution is 7.79. The summed E-state index contributed by atoms with van der Waals surface area (Å²) in [6, 6.07) is 6.23. The molecule has 1 aromatic rings. The Bertz CT molecular complexity index is 350. The number of benzene rings is 1. The van der Waals surface area contributed by atoms with Crippen molar-refractivity contribution in [3.8, 4) is 0 Å². The number of allylic oxidation sites excluding steroid dienone is 1. The zero-order chi connectivity index (χ0) is 10.4. The summed E-state index contributed by atoms with van der Waals surface area (Å²) in [7, 11) is 0. The van der Waals surface area contributed by atoms with Crippen molar-refractivity contribution < 1.29 is 13.2 Å². The maximum Gasteiger partial charge on any atom is 0.123 e. The number of hydrogen-bond acceptors (Lipinski definition) is 2. The molecule has 76 valence electrons. The first-order chi connectivity index (χ1) is 6.68. The van der Waals surface area contributed by atoms with Crippen LogP contribution in [0.25, 0.3) is 0 Å². The van der Waals surface area contributed by atoms with Gasteiger partial charge in [0, 0.05) is 5.75 Å². The lowest BCUT2D eigenvalue weighted by molar-refractivity contribution is 0.540. The molecular formula is C10H10FO2S-. The second kappa shape index (κ2) is 5.67. The van der Waals surface area contributed by atoms with Crippen LogP contribution in [-0.4, -0.2) is 14.5 Å². The lowest BCUT2D eigenvalue weighted by Gasteiger charge is -1.98. The molecule has 0 radical (unpaired) electrons. The zero-order valence-corrected chi connectivity index (χ0v) is 8.30. The first-order valence-corrected chi connectivity index (χ1v) is 5.38. The van der Waals surface area contributed by atoms with Gasteiger partial charge in [0.15, 0.2) is 0 Å². The van der Waals surface area contributed by atoms with Gasteiger partial charge in [-0.3, -0.25) is 4.21 Å². The Morgan fingerprint density at radius 2 is 2.21 bits per heavy atom. The van der Waals surface area contributed by atoms with Gasteiger partial charge in [0.1, 0.15) is 5.82 Å². The van der Waals surface area contributed by atoms with Gasteiger partial charge in [0.2, 0.25) is 0 Å². The maximum absolute atomic E-state index is 12.7. The third-order valence-corrected chi connectivity index (χ3v) is 2.11. The molecule has 0 saturated heterocycles. The Kier molecular flexibility index (Phi) is 4.49. The third kappa shape index (κ3) is 4.30. The van der Waals surface area contributed by atoms with Crippen molar-refractivity contribution in [1.82, 2.24) is 0 Å². The molecule has 0 saturated carbocycles. The average molecular weight is 213 g/mol. The minimum absolute atomic E-state index is 0.00924. The van der Waals surface area contributed by atoms with Gasteiger partial charge in [0.25, 0.3) is 0 Å². The summed E-state index contributed by atoms with van der Waals surface area (Å²) in [5.41, 5.74) is 0.831. The van der Waals surface area contributed by atoms with Crippen molar-refractivity contribution in [2.24, 2.45) is 0 Å². The summed E-state index contributed by atoms with van der Waals surface area (Å²) in [5, 5.41) is 0. The fourth-order valence-corrected chi connectivity index (χ4v) is 1.32. The molecule has 1 rings (SSSR count). The molecule has 4 heteroatoms. The fraction of sp³-hybridized carbons (Fsp3) is 0.200. The van der Waals surface area contributed by atoms with E-state index in [9.17, 15) is 13.2 Å². The van der Waals surface area contributed by atoms with E-state index < -0.39 is 11.1 Å². The van der Waals surface area contributed by atoms with Crippen LogP contribution in [0.15, 0.2) is 36.4 Å². The van der Waals surface area contributed by atoms with E-state index in [0.717, 1.165) is 5.56 Å². The van der Waals surface area contributed by atoms with Crippen LogP contribution in [0.3, 0.4) is 0 Å². The van der Waals surface area contributed by atoms with E-state index in [1.165, 1.54) is 12.1 Å². The number of hydrogen-bond donors (Lipinski definition) is 0. The van der Waals surface area contributed by atoms with Crippen LogP contribution in [-0.2, 0) is 17.5 Å². The molecule has 0 spiro atoms. The van der Waals surface area contributed by atoms with E-state index in [1.807, 2.05) is 0 Å². The molecule has 0 aromatic heterocycles. The van der Waals surface area contributed by atoms with Crippen LogP contribution in [0.1, 0.15) is 5.56 Å². The van der Waals surface area contributed by atoms with E-state index in [2.05, 4.69) is 0 Å². The largest absolute Gasteiger partial charge is 0.772 e. The highest BCUT2D eigenvalue weighted by Crippen LogP contribution is 2.04. The standard InChI is InChI=1S/C10H11FO2S/c11-10-6-3-5-9(8-10)4-1-2-7-14(12)13/h1-3,5-6,8H,4,7H2,(H,12,13)/p-1/b2-1+. The van der Waals surface area contributed by atoms with Crippen molar-refractivity contribution >= 4 is 11.1 Å². The topological polar surface area (TPSA) is 40.1 Å². The summed E-state index contributed by atoms with van der Waals surface area (Å²) in [6.07, 6.45) is 3.81. The Morgan fingerprint density at radius 3 is 2.86 bits per heavy atom. The maximum atomic E-state index is 12.7. The molecule has 0 amide bonds. The fourth-order valence-electron chi connectivity index (χ4n) is 1.03. The van der Waals surface area contributed by atoms with Crippen LogP contribution in [0.4, 0.5) is 4.39 Å². The molecule has 2 nitrogen and oxygen atoms in total. The summed E-state index contributed by atoms with van der Waals surface area (Å²) in [5.74, 6) is -0.265. The summed E-state index contributed by atoms with van der Waals surface area (Å²) < 4.78 is 33.0. The van der Waals surface area contributed by atoms with Crippen LogP contribution >= 0.6 is 0 Å². The van der Waals surface area contributed by atoms with Gasteiger partial charge in [-0.2, -0.15) is 0 Å². The lowest BCUT2D eigenvalue weighted by Crippen LogP contribution is -1.90. The van der Waals surface area contributed by atoms with Crippen LogP contribution in [0, 0.1) is 5.82 Å². The number of rotatable bonds is 4. The second-order valence-electron chi connectivity index (χ2n) is 2.78. The van der Waals surface area contributed by atoms with Gasteiger partial charge in [0.05, 0.1) is 0 Å². The molecule has 0 N–H and O–H groups in total. The van der Waals surface area contributed by atoms with Crippen molar-refractivity contribution in [2.45, 2.75) is 6.42 Å². The molecule has 0 fully saturated rings. The van der Waals surface area contributed by atoms with Gasteiger partial charge in [-0.05, 0) is 24.1 Å². The predicted molar refractivity (Wildman–Crippen MR) is 53.0 cm³/mol. The molecule has 0 aliphatic heterocycles. The Hall–Kier alpha value is -1.00. The molecule has 0 heterocycles. The minimum atomic E-state index is -2.04. The highest BCUT2D eigenvalue weighted by atomic mass is 32.2. The van der Waals surface area contributed by atoms with Gasteiger partial charge in [-0.1, -0.05) is 35.4 Å². The van der Waals surface area contributed by atoms with E-state index in [-0.39, 0.29) is 11.6 Å². The molecule has 1 atom stereocenters. The van der Waals surface area contributed by atoms with Crippen molar-refractivity contribution in [1.29, 1.82) is 0 Å². The molecule has 0 aliphatic rings. The molecule has 0 bridgehead atoms. The lowest BCUT2D eigenvalue weighted by atomic mass is 10.1. The van der Waals surface area contributed by atoms with Gasteiger partial charge in [-0.15, -0.1) is 0 Å². The van der Waals surface area contributed by atoms with Gasteiger partial charge >= 0.3 is 0 Å². The zero-order valence-electron chi connectivity index (χ0n) is 7.48. The Labute approximate surface area is 84.7 Å². The third-order valence-electron chi connectivity index (χ3n) is 1.64. The van der Waals surface area contributed by atoms with E-state index >= 15 is 0 Å². The van der Waals surface area contributed by atoms with Crippen molar-refractivity contribution in [2.75, 3.05) is 5.75 Å². The van der Waals surface area contributed by atoms with Crippen LogP contribution < -0.4 is 0 Å². The van der Waals surface area contributed by atoms with Crippen LogP contribution in [0.5, 0.6) is 0 Å². The van der Waals surface area contributed by atoms with E-state index in [0.29, 0.717) is 6.42 Å². The molecule has 0 aliphatic carbocycles. The average Bonchev–Trinajstić information content (AvgIpc) is 2.12. The first-order valence-electron chi connectivity index (χ1n) is 4.14. The second-order valence-corrected chi connectivity index (χ2v) is 3.72. The van der Waals surface area contributed by atoms with Crippen molar-refractivity contribution in [3.05, 3.63) is 47.8 Å². The smallest absolute Gasteiger partial charge is 0.123 e. The number of halogens is 1. The monoisotopic (exact) mass is 213 g/mol. The molecular weight excluding hydrogens is 203 g/mol. The van der Waals surface area contributed by atoms with Gasteiger partial charge in [-0.25, -0.2) is 4.39 Å². The van der Waals surface area contributed by atoms with Crippen LogP contribution in [0.2, 0.25) is 0 Å². The predicted octanol–water partition coefficient (Wildman–Crippen LogP) is 1.80. The van der Waals surface area contributed by atoms with Crippen molar-refractivity contribution in [3.63, 3.8) is 0 Å². The Morgan fingerprint density at radius 1 is 1.43 bits per heavy atom. The minimum Gasteiger partial charge on any atom is -0.772 e. The highest BCUT2D eigenvalue weighted by Gasteiger charge is 1.91. The molecule has 1 unspecified atom stereocenters. The van der Waals surface area contributed by atoms with E-state index in [1.54, 1.807) is 24.3 Å². The SMILES string of the molecule is O=S([O-])C/C=C/Cc1cccc(F)c1. The summed E-state index contributed by atoms with van der Waals surface area (Å²) in [4.78, 5) is 0. The molecule has 1 aromatic carbocycles. The van der Waals surface area contributed by atoms with Gasteiger partial charge < -0.3 is 4.55 Å². The summed E-state index contributed by atoms with van der Waals surface area (Å²) in [6.45, 7) is 0. The summed E-state index contributed by atoms with van der Waals surface area (Å²) >= 11 is -2.04. The molecule has 14 heavy (non-hydrogen) atoms.